The van der Waals surface area contributed by atoms with Gasteiger partial charge in [0.25, 0.3) is 0 Å². The summed E-state index contributed by atoms with van der Waals surface area (Å²) in [6.45, 7) is 9.92. The maximum Gasteiger partial charge on any atom is -0.00845 e. The van der Waals surface area contributed by atoms with E-state index in [2.05, 4.69) is 32.2 Å². The third-order valence-electron chi connectivity index (χ3n) is 2.72. The van der Waals surface area contributed by atoms with Crippen LogP contribution in [0.3, 0.4) is 0 Å². The van der Waals surface area contributed by atoms with E-state index >= 15 is 0 Å². The maximum atomic E-state index is 4.01. The van der Waals surface area contributed by atoms with E-state index in [0.29, 0.717) is 0 Å². The summed E-state index contributed by atoms with van der Waals surface area (Å²) >= 11 is 0. The second-order valence-electron chi connectivity index (χ2n) is 3.72. The van der Waals surface area contributed by atoms with Crippen molar-refractivity contribution in [2.45, 2.75) is 13.3 Å². The minimum atomic E-state index is 0.764. The summed E-state index contributed by atoms with van der Waals surface area (Å²) in [5.74, 6) is 1.57. The van der Waals surface area contributed by atoms with Crippen LogP contribution in [0.15, 0.2) is 48.1 Å². The zero-order chi connectivity index (χ0) is 8.72. The van der Waals surface area contributed by atoms with Gasteiger partial charge in [0.1, 0.15) is 0 Å². The lowest BCUT2D eigenvalue weighted by molar-refractivity contribution is 0.908. The fraction of sp³-hybridized carbons (Fsp3) is 0.333. The average Bonchev–Trinajstić information content (AvgIpc) is 2.79. The van der Waals surface area contributed by atoms with Gasteiger partial charge >= 0.3 is 0 Å². The molecular formula is C12H14. The lowest BCUT2D eigenvalue weighted by Gasteiger charge is -2.12. The highest BCUT2D eigenvalue weighted by atomic mass is 14.4. The van der Waals surface area contributed by atoms with Crippen LogP contribution < -0.4 is 0 Å². The third kappa shape index (κ3) is 0.989. The Balaban J connectivity index is 2.44. The van der Waals surface area contributed by atoms with Crippen LogP contribution in [0.5, 0.6) is 0 Å². The molecular weight excluding hydrogens is 144 g/mol. The Morgan fingerprint density at radius 3 is 3.00 bits per heavy atom. The summed E-state index contributed by atoms with van der Waals surface area (Å²) in [4.78, 5) is 0. The zero-order valence-corrected chi connectivity index (χ0v) is 7.51. The molecule has 2 rings (SSSR count). The molecule has 0 spiro atoms. The van der Waals surface area contributed by atoms with Crippen LogP contribution in [0, 0.1) is 11.8 Å². The first-order chi connectivity index (χ1) is 5.74. The molecule has 0 aromatic carbocycles. The topological polar surface area (TPSA) is 0 Å². The van der Waals surface area contributed by atoms with E-state index < -0.39 is 0 Å². The molecule has 0 bridgehead atoms. The van der Waals surface area contributed by atoms with Gasteiger partial charge in [-0.25, -0.2) is 0 Å². The standard InChI is InChI=1S/C12H14/c1-4-9-5-6-10-7-11(10)12(9)8(2)3/h4-6,10-11H,1-2,7H2,3H3. The van der Waals surface area contributed by atoms with Gasteiger partial charge in [-0.2, -0.15) is 0 Å². The fourth-order valence-corrected chi connectivity index (χ4v) is 2.03. The summed E-state index contributed by atoms with van der Waals surface area (Å²) in [6, 6.07) is 0. The molecule has 2 aliphatic rings. The predicted molar refractivity (Wildman–Crippen MR) is 52.8 cm³/mol. The monoisotopic (exact) mass is 158 g/mol. The van der Waals surface area contributed by atoms with Crippen molar-refractivity contribution in [3.63, 3.8) is 0 Å². The third-order valence-corrected chi connectivity index (χ3v) is 2.72. The molecule has 0 radical (unpaired) electrons. The lowest BCUT2D eigenvalue weighted by Crippen LogP contribution is -1.97. The van der Waals surface area contributed by atoms with Crippen molar-refractivity contribution >= 4 is 0 Å². The molecule has 0 amide bonds. The Bertz CT molecular complexity index is 302. The number of allylic oxidation sites excluding steroid dienone is 6. The van der Waals surface area contributed by atoms with Crippen LogP contribution in [-0.2, 0) is 0 Å². The van der Waals surface area contributed by atoms with Crippen LogP contribution in [-0.4, -0.2) is 0 Å². The Morgan fingerprint density at radius 1 is 1.67 bits per heavy atom. The minimum Gasteiger partial charge on any atom is -0.0985 e. The second kappa shape index (κ2) is 2.48. The predicted octanol–water partition coefficient (Wildman–Crippen LogP) is 3.25. The van der Waals surface area contributed by atoms with E-state index in [1.165, 1.54) is 23.1 Å². The molecule has 1 fully saturated rings. The number of hydrogen-bond donors (Lipinski definition) is 0. The van der Waals surface area contributed by atoms with Crippen LogP contribution in [0.25, 0.3) is 0 Å². The molecule has 62 valence electrons. The summed E-state index contributed by atoms with van der Waals surface area (Å²) in [6.07, 6.45) is 7.74. The summed E-state index contributed by atoms with van der Waals surface area (Å²) < 4.78 is 0. The Labute approximate surface area is 74.0 Å². The van der Waals surface area contributed by atoms with Gasteiger partial charge < -0.3 is 0 Å². The quantitative estimate of drug-likeness (QED) is 0.578. The summed E-state index contributed by atoms with van der Waals surface area (Å²) in [5, 5.41) is 0. The summed E-state index contributed by atoms with van der Waals surface area (Å²) in [5.41, 5.74) is 3.93. The molecule has 0 aliphatic heterocycles. The Hall–Kier alpha value is -1.04. The van der Waals surface area contributed by atoms with Crippen molar-refractivity contribution in [2.24, 2.45) is 11.8 Å². The smallest absolute Gasteiger partial charge is 0.00845 e. The largest absolute Gasteiger partial charge is 0.0985 e. The van der Waals surface area contributed by atoms with Crippen molar-refractivity contribution in [3.05, 3.63) is 48.1 Å². The van der Waals surface area contributed by atoms with E-state index in [1.807, 2.05) is 6.08 Å². The molecule has 0 saturated heterocycles. The van der Waals surface area contributed by atoms with Crippen molar-refractivity contribution in [3.8, 4) is 0 Å². The molecule has 0 aromatic heterocycles. The van der Waals surface area contributed by atoms with Crippen molar-refractivity contribution in [2.75, 3.05) is 0 Å². The van der Waals surface area contributed by atoms with Gasteiger partial charge in [0.05, 0.1) is 0 Å². The van der Waals surface area contributed by atoms with Gasteiger partial charge in [0, 0.05) is 0 Å². The van der Waals surface area contributed by atoms with E-state index in [-0.39, 0.29) is 0 Å². The van der Waals surface area contributed by atoms with Crippen LogP contribution in [0.2, 0.25) is 0 Å². The van der Waals surface area contributed by atoms with E-state index in [9.17, 15) is 0 Å². The average molecular weight is 158 g/mol. The van der Waals surface area contributed by atoms with Crippen LogP contribution >= 0.6 is 0 Å². The molecule has 0 heteroatoms. The molecule has 0 nitrogen and oxygen atoms in total. The first kappa shape index (κ1) is 7.60. The first-order valence-corrected chi connectivity index (χ1v) is 4.44. The van der Waals surface area contributed by atoms with Crippen LogP contribution in [0.4, 0.5) is 0 Å². The van der Waals surface area contributed by atoms with Crippen molar-refractivity contribution in [1.82, 2.24) is 0 Å². The molecule has 2 unspecified atom stereocenters. The van der Waals surface area contributed by atoms with Gasteiger partial charge in [0.2, 0.25) is 0 Å². The number of fused-ring (bicyclic) bond motifs is 1. The van der Waals surface area contributed by atoms with Gasteiger partial charge in [-0.3, -0.25) is 0 Å². The highest BCUT2D eigenvalue weighted by Gasteiger charge is 2.40. The normalized spacial score (nSPS) is 31.4. The molecule has 12 heavy (non-hydrogen) atoms. The number of hydrogen-bond acceptors (Lipinski definition) is 0. The molecule has 0 heterocycles. The highest BCUT2D eigenvalue weighted by molar-refractivity contribution is 5.50. The van der Waals surface area contributed by atoms with Gasteiger partial charge in [-0.05, 0) is 36.3 Å². The Morgan fingerprint density at radius 2 is 2.42 bits per heavy atom. The van der Waals surface area contributed by atoms with Crippen molar-refractivity contribution in [1.29, 1.82) is 0 Å². The SMILES string of the molecule is C=CC1=C(C(=C)C)C2CC2C=C1. The molecule has 1 saturated carbocycles. The van der Waals surface area contributed by atoms with Gasteiger partial charge in [-0.1, -0.05) is 37.0 Å². The zero-order valence-electron chi connectivity index (χ0n) is 7.51. The lowest BCUT2D eigenvalue weighted by atomic mass is 9.93. The molecule has 0 aromatic rings. The van der Waals surface area contributed by atoms with Crippen molar-refractivity contribution < 1.29 is 0 Å². The second-order valence-corrected chi connectivity index (χ2v) is 3.72. The summed E-state index contributed by atoms with van der Waals surface area (Å²) in [7, 11) is 0. The molecule has 0 N–H and O–H groups in total. The first-order valence-electron chi connectivity index (χ1n) is 4.44. The Kier molecular flexibility index (Phi) is 1.57. The van der Waals surface area contributed by atoms with Gasteiger partial charge in [-0.15, -0.1) is 0 Å². The molecule has 2 aliphatic carbocycles. The fourth-order valence-electron chi connectivity index (χ4n) is 2.03. The molecule has 2 atom stereocenters. The maximum absolute atomic E-state index is 4.01. The number of rotatable bonds is 2. The highest BCUT2D eigenvalue weighted by Crippen LogP contribution is 2.51. The van der Waals surface area contributed by atoms with E-state index in [1.54, 1.807) is 0 Å². The van der Waals surface area contributed by atoms with E-state index in [0.717, 1.165) is 11.8 Å². The van der Waals surface area contributed by atoms with E-state index in [4.69, 9.17) is 0 Å². The minimum absolute atomic E-state index is 0.764. The van der Waals surface area contributed by atoms with Crippen LogP contribution in [0.1, 0.15) is 13.3 Å². The van der Waals surface area contributed by atoms with Gasteiger partial charge in [0.15, 0.2) is 0 Å².